The SMILES string of the molecule is CC(=O)SC(C(=O)O)c1ccc(Br)cc1. The summed E-state index contributed by atoms with van der Waals surface area (Å²) in [5, 5.41) is 7.93. The Morgan fingerprint density at radius 2 is 1.87 bits per heavy atom. The second-order valence-corrected chi connectivity index (χ2v) is 5.08. The summed E-state index contributed by atoms with van der Waals surface area (Å²) in [5.74, 6) is -1.00. The topological polar surface area (TPSA) is 54.4 Å². The molecule has 1 aromatic rings. The molecule has 1 unspecified atom stereocenters. The van der Waals surface area contributed by atoms with Crippen LogP contribution in [0.15, 0.2) is 28.7 Å². The summed E-state index contributed by atoms with van der Waals surface area (Å²) in [6.45, 7) is 1.36. The van der Waals surface area contributed by atoms with Crippen LogP contribution in [-0.2, 0) is 9.59 Å². The van der Waals surface area contributed by atoms with Crippen molar-refractivity contribution < 1.29 is 14.7 Å². The zero-order chi connectivity index (χ0) is 11.4. The van der Waals surface area contributed by atoms with E-state index in [1.807, 2.05) is 0 Å². The highest BCUT2D eigenvalue weighted by Crippen LogP contribution is 2.30. The van der Waals surface area contributed by atoms with E-state index in [0.717, 1.165) is 16.2 Å². The summed E-state index contributed by atoms with van der Waals surface area (Å²) < 4.78 is 0.878. The molecule has 5 heteroatoms. The van der Waals surface area contributed by atoms with Crippen LogP contribution in [0, 0.1) is 0 Å². The molecule has 0 spiro atoms. The van der Waals surface area contributed by atoms with Crippen LogP contribution >= 0.6 is 27.7 Å². The Morgan fingerprint density at radius 1 is 1.33 bits per heavy atom. The van der Waals surface area contributed by atoms with E-state index in [2.05, 4.69) is 15.9 Å². The minimum Gasteiger partial charge on any atom is -0.480 e. The number of halogens is 1. The predicted molar refractivity (Wildman–Crippen MR) is 62.8 cm³/mol. The van der Waals surface area contributed by atoms with Crippen LogP contribution in [-0.4, -0.2) is 16.2 Å². The Hall–Kier alpha value is -0.810. The summed E-state index contributed by atoms with van der Waals surface area (Å²) in [4.78, 5) is 21.8. The van der Waals surface area contributed by atoms with E-state index in [-0.39, 0.29) is 5.12 Å². The van der Waals surface area contributed by atoms with Gasteiger partial charge in [-0.3, -0.25) is 9.59 Å². The van der Waals surface area contributed by atoms with Gasteiger partial charge in [-0.05, 0) is 17.7 Å². The number of thioether (sulfide) groups is 1. The zero-order valence-electron chi connectivity index (χ0n) is 7.94. The molecule has 3 nitrogen and oxygen atoms in total. The summed E-state index contributed by atoms with van der Waals surface area (Å²) >= 11 is 4.07. The highest BCUT2D eigenvalue weighted by atomic mass is 79.9. The number of benzene rings is 1. The van der Waals surface area contributed by atoms with Crippen LogP contribution in [0.5, 0.6) is 0 Å². The number of carbonyl (C=O) groups is 2. The molecule has 0 aliphatic rings. The molecule has 0 radical (unpaired) electrons. The first-order chi connectivity index (χ1) is 7.00. The average molecular weight is 289 g/mol. The molecule has 15 heavy (non-hydrogen) atoms. The van der Waals surface area contributed by atoms with E-state index >= 15 is 0 Å². The third-order valence-corrected chi connectivity index (χ3v) is 3.25. The van der Waals surface area contributed by atoms with Crippen LogP contribution in [0.2, 0.25) is 0 Å². The summed E-state index contributed by atoms with van der Waals surface area (Å²) in [6, 6.07) is 6.90. The number of carbonyl (C=O) groups excluding carboxylic acids is 1. The molecular formula is C10H9BrO3S. The average Bonchev–Trinajstić information content (AvgIpc) is 2.15. The van der Waals surface area contributed by atoms with Gasteiger partial charge in [0.15, 0.2) is 5.12 Å². The lowest BCUT2D eigenvalue weighted by molar-refractivity contribution is -0.136. The number of hydrogen-bond acceptors (Lipinski definition) is 3. The second-order valence-electron chi connectivity index (χ2n) is 2.88. The van der Waals surface area contributed by atoms with Crippen LogP contribution in [0.3, 0.4) is 0 Å². The first-order valence-corrected chi connectivity index (χ1v) is 5.83. The molecule has 0 saturated heterocycles. The van der Waals surface area contributed by atoms with Crippen LogP contribution < -0.4 is 0 Å². The lowest BCUT2D eigenvalue weighted by Crippen LogP contribution is -2.09. The van der Waals surface area contributed by atoms with Crippen molar-refractivity contribution in [2.75, 3.05) is 0 Å². The molecule has 80 valence electrons. The maximum Gasteiger partial charge on any atom is 0.321 e. The van der Waals surface area contributed by atoms with Crippen molar-refractivity contribution in [1.82, 2.24) is 0 Å². The standard InChI is InChI=1S/C10H9BrO3S/c1-6(12)15-9(10(13)14)7-2-4-8(11)5-3-7/h2-5,9H,1H3,(H,13,14). The van der Waals surface area contributed by atoms with E-state index in [4.69, 9.17) is 5.11 Å². The molecular weight excluding hydrogens is 280 g/mol. The van der Waals surface area contributed by atoms with Gasteiger partial charge in [-0.1, -0.05) is 39.8 Å². The predicted octanol–water partition coefficient (Wildman–Crippen LogP) is 2.85. The van der Waals surface area contributed by atoms with Crippen molar-refractivity contribution in [2.45, 2.75) is 12.2 Å². The van der Waals surface area contributed by atoms with E-state index < -0.39 is 11.2 Å². The largest absolute Gasteiger partial charge is 0.480 e. The fraction of sp³-hybridized carbons (Fsp3) is 0.200. The monoisotopic (exact) mass is 288 g/mol. The number of aliphatic carboxylic acids is 1. The van der Waals surface area contributed by atoms with E-state index in [1.54, 1.807) is 24.3 Å². The molecule has 0 heterocycles. The van der Waals surface area contributed by atoms with Crippen molar-refractivity contribution in [3.63, 3.8) is 0 Å². The Kier molecular flexibility index (Phi) is 4.35. The first kappa shape index (κ1) is 12.3. The molecule has 1 N–H and O–H groups in total. The van der Waals surface area contributed by atoms with Gasteiger partial charge < -0.3 is 5.11 Å². The minimum atomic E-state index is -1.00. The van der Waals surface area contributed by atoms with E-state index in [0.29, 0.717) is 5.56 Å². The second kappa shape index (κ2) is 5.32. The fourth-order valence-electron chi connectivity index (χ4n) is 1.06. The van der Waals surface area contributed by atoms with E-state index in [9.17, 15) is 9.59 Å². The van der Waals surface area contributed by atoms with Crippen molar-refractivity contribution >= 4 is 38.8 Å². The highest BCUT2D eigenvalue weighted by Gasteiger charge is 2.22. The molecule has 1 rings (SSSR count). The summed E-state index contributed by atoms with van der Waals surface area (Å²) in [6.07, 6.45) is 0. The molecule has 0 fully saturated rings. The lowest BCUT2D eigenvalue weighted by Gasteiger charge is -2.09. The normalized spacial score (nSPS) is 12.1. The van der Waals surface area contributed by atoms with Crippen LogP contribution in [0.25, 0.3) is 0 Å². The summed E-state index contributed by atoms with van der Waals surface area (Å²) in [5.41, 5.74) is 0.617. The van der Waals surface area contributed by atoms with Gasteiger partial charge in [-0.15, -0.1) is 0 Å². The third kappa shape index (κ3) is 3.68. The lowest BCUT2D eigenvalue weighted by atomic mass is 10.1. The molecule has 0 aliphatic heterocycles. The van der Waals surface area contributed by atoms with Crippen LogP contribution in [0.1, 0.15) is 17.7 Å². The van der Waals surface area contributed by atoms with Crippen molar-refractivity contribution in [3.05, 3.63) is 34.3 Å². The number of rotatable bonds is 3. The van der Waals surface area contributed by atoms with Crippen molar-refractivity contribution in [3.8, 4) is 0 Å². The molecule has 0 bridgehead atoms. The molecule has 1 aromatic carbocycles. The van der Waals surface area contributed by atoms with Gasteiger partial charge in [0.25, 0.3) is 0 Å². The van der Waals surface area contributed by atoms with Crippen LogP contribution in [0.4, 0.5) is 0 Å². The molecule has 1 atom stereocenters. The minimum absolute atomic E-state index is 0.203. The van der Waals surface area contributed by atoms with Gasteiger partial charge in [0, 0.05) is 11.4 Å². The van der Waals surface area contributed by atoms with Gasteiger partial charge >= 0.3 is 5.97 Å². The highest BCUT2D eigenvalue weighted by molar-refractivity contribution is 9.10. The fourth-order valence-corrected chi connectivity index (χ4v) is 2.05. The Morgan fingerprint density at radius 3 is 2.27 bits per heavy atom. The Labute approximate surface area is 100.0 Å². The van der Waals surface area contributed by atoms with Gasteiger partial charge in [-0.25, -0.2) is 0 Å². The smallest absolute Gasteiger partial charge is 0.321 e. The first-order valence-electron chi connectivity index (χ1n) is 4.16. The van der Waals surface area contributed by atoms with Gasteiger partial charge in [0.1, 0.15) is 5.25 Å². The number of carboxylic acid groups (broad SMARTS) is 1. The maximum atomic E-state index is 10.9. The molecule has 0 aliphatic carbocycles. The Balaban J connectivity index is 2.94. The molecule has 0 amide bonds. The zero-order valence-corrected chi connectivity index (χ0v) is 10.3. The van der Waals surface area contributed by atoms with Crippen molar-refractivity contribution in [1.29, 1.82) is 0 Å². The number of carboxylic acids is 1. The molecule has 0 saturated carbocycles. The quantitative estimate of drug-likeness (QED) is 0.929. The van der Waals surface area contributed by atoms with Crippen molar-refractivity contribution in [2.24, 2.45) is 0 Å². The summed E-state index contributed by atoms with van der Waals surface area (Å²) in [7, 11) is 0. The molecule has 0 aromatic heterocycles. The van der Waals surface area contributed by atoms with Gasteiger partial charge in [-0.2, -0.15) is 0 Å². The van der Waals surface area contributed by atoms with E-state index in [1.165, 1.54) is 6.92 Å². The number of hydrogen-bond donors (Lipinski definition) is 1. The maximum absolute atomic E-state index is 10.9. The Bertz CT molecular complexity index is 375. The van der Waals surface area contributed by atoms with Gasteiger partial charge in [0.2, 0.25) is 0 Å². The van der Waals surface area contributed by atoms with Gasteiger partial charge in [0.05, 0.1) is 0 Å². The third-order valence-electron chi connectivity index (χ3n) is 1.68.